The van der Waals surface area contributed by atoms with Crippen LogP contribution >= 0.6 is 12.4 Å². The predicted octanol–water partition coefficient (Wildman–Crippen LogP) is 1.53. The number of benzene rings is 1. The minimum absolute atomic E-state index is 0. The molecule has 0 aromatic heterocycles. The quantitative estimate of drug-likeness (QED) is 0.794. The molecule has 1 atom stereocenters. The van der Waals surface area contributed by atoms with Gasteiger partial charge in [0.2, 0.25) is 5.91 Å². The van der Waals surface area contributed by atoms with Crippen LogP contribution in [0.2, 0.25) is 0 Å². The van der Waals surface area contributed by atoms with Gasteiger partial charge in [0.05, 0.1) is 11.5 Å². The van der Waals surface area contributed by atoms with Gasteiger partial charge in [0.1, 0.15) is 0 Å². The van der Waals surface area contributed by atoms with Crippen LogP contribution in [0.5, 0.6) is 0 Å². The third kappa shape index (κ3) is 4.71. The largest absolute Gasteiger partial charge is 0.355 e. The molecular formula is C17H25ClN2O3S. The van der Waals surface area contributed by atoms with Crippen LogP contribution in [0, 0.1) is 11.3 Å². The van der Waals surface area contributed by atoms with Gasteiger partial charge in [0.15, 0.2) is 9.84 Å². The minimum atomic E-state index is -3.19. The first kappa shape index (κ1) is 19.2. The highest BCUT2D eigenvalue weighted by molar-refractivity contribution is 7.90. The summed E-state index contributed by atoms with van der Waals surface area (Å²) in [6, 6.07) is 9.14. The zero-order chi connectivity index (χ0) is 16.3. The van der Waals surface area contributed by atoms with E-state index in [9.17, 15) is 13.2 Å². The van der Waals surface area contributed by atoms with Gasteiger partial charge in [0, 0.05) is 12.5 Å². The molecule has 1 aromatic rings. The van der Waals surface area contributed by atoms with Crippen LogP contribution in [0.1, 0.15) is 24.8 Å². The number of rotatable bonds is 6. The highest BCUT2D eigenvalue weighted by atomic mass is 35.5. The van der Waals surface area contributed by atoms with E-state index in [0.717, 1.165) is 37.9 Å². The smallest absolute Gasteiger partial charge is 0.223 e. The van der Waals surface area contributed by atoms with E-state index in [1.54, 1.807) is 12.1 Å². The normalized spacial score (nSPS) is 21.8. The van der Waals surface area contributed by atoms with Crippen LogP contribution < -0.4 is 10.6 Å². The molecule has 0 radical (unpaired) electrons. The van der Waals surface area contributed by atoms with Gasteiger partial charge < -0.3 is 10.6 Å². The van der Waals surface area contributed by atoms with Gasteiger partial charge in [0.25, 0.3) is 0 Å². The fourth-order valence-electron chi connectivity index (χ4n) is 3.55. The molecule has 2 aliphatic rings. The molecule has 5 nitrogen and oxygen atoms in total. The number of carbonyl (C=O) groups excluding carboxylic acids is 1. The standard InChI is InChI=1S/C17H24N2O3S.ClH/c20-16(15-12-17(15)6-8-18-9-7-17)19-10-11-23(21,22)13-14-4-2-1-3-5-14;/h1-5,15,18H,6-13H2,(H,19,20);1H. The molecule has 3 rings (SSSR count). The Labute approximate surface area is 149 Å². The van der Waals surface area contributed by atoms with Gasteiger partial charge in [-0.25, -0.2) is 8.42 Å². The maximum Gasteiger partial charge on any atom is 0.223 e. The summed E-state index contributed by atoms with van der Waals surface area (Å²) in [5.41, 5.74) is 0.979. The predicted molar refractivity (Wildman–Crippen MR) is 96.8 cm³/mol. The van der Waals surface area contributed by atoms with Crippen LogP contribution in [0.3, 0.4) is 0 Å². The molecule has 1 heterocycles. The molecule has 1 aliphatic carbocycles. The Morgan fingerprint density at radius 1 is 1.21 bits per heavy atom. The van der Waals surface area contributed by atoms with Gasteiger partial charge >= 0.3 is 0 Å². The third-order valence-corrected chi connectivity index (χ3v) is 6.65. The van der Waals surface area contributed by atoms with Crippen molar-refractivity contribution >= 4 is 28.2 Å². The molecule has 1 aliphatic heterocycles. The van der Waals surface area contributed by atoms with E-state index in [-0.39, 0.29) is 47.7 Å². The van der Waals surface area contributed by atoms with Gasteiger partial charge in [-0.05, 0) is 43.3 Å². The molecule has 7 heteroatoms. The summed E-state index contributed by atoms with van der Waals surface area (Å²) in [6.45, 7) is 2.17. The molecule has 134 valence electrons. The average molecular weight is 373 g/mol. The first-order valence-corrected chi connectivity index (χ1v) is 10.1. The van der Waals surface area contributed by atoms with Crippen molar-refractivity contribution in [2.45, 2.75) is 25.0 Å². The number of piperidine rings is 1. The number of carbonyl (C=O) groups is 1. The average Bonchev–Trinajstić information content (AvgIpc) is 3.21. The zero-order valence-corrected chi connectivity index (χ0v) is 15.3. The first-order chi connectivity index (χ1) is 11.0. The lowest BCUT2D eigenvalue weighted by Gasteiger charge is -2.23. The second-order valence-corrected chi connectivity index (χ2v) is 8.92. The van der Waals surface area contributed by atoms with Gasteiger partial charge in [-0.2, -0.15) is 0 Å². The SMILES string of the molecule is Cl.O=C(NCCS(=O)(=O)Cc1ccccc1)C1CC12CCNCC2. The van der Waals surface area contributed by atoms with Gasteiger partial charge in [-0.3, -0.25) is 4.79 Å². The zero-order valence-electron chi connectivity index (χ0n) is 13.7. The third-order valence-electron chi connectivity index (χ3n) is 5.05. The lowest BCUT2D eigenvalue weighted by Crippen LogP contribution is -2.35. The Bertz CT molecular complexity index is 658. The summed E-state index contributed by atoms with van der Waals surface area (Å²) in [5, 5.41) is 6.13. The van der Waals surface area contributed by atoms with Crippen molar-refractivity contribution in [1.82, 2.24) is 10.6 Å². The summed E-state index contributed by atoms with van der Waals surface area (Å²) in [7, 11) is -3.19. The van der Waals surface area contributed by atoms with Crippen molar-refractivity contribution in [3.63, 3.8) is 0 Å². The van der Waals surface area contributed by atoms with Crippen LogP contribution in [0.4, 0.5) is 0 Å². The van der Waals surface area contributed by atoms with Gasteiger partial charge in [-0.1, -0.05) is 30.3 Å². The molecular weight excluding hydrogens is 348 g/mol. The van der Waals surface area contributed by atoms with Crippen LogP contribution in [-0.2, 0) is 20.4 Å². The van der Waals surface area contributed by atoms with Crippen LogP contribution in [0.15, 0.2) is 30.3 Å². The van der Waals surface area contributed by atoms with E-state index in [0.29, 0.717) is 0 Å². The topological polar surface area (TPSA) is 75.3 Å². The fraction of sp³-hybridized carbons (Fsp3) is 0.588. The summed E-state index contributed by atoms with van der Waals surface area (Å²) in [4.78, 5) is 12.2. The van der Waals surface area contributed by atoms with Crippen molar-refractivity contribution in [3.8, 4) is 0 Å². The van der Waals surface area contributed by atoms with Crippen molar-refractivity contribution in [1.29, 1.82) is 0 Å². The molecule has 1 saturated heterocycles. The van der Waals surface area contributed by atoms with Crippen LogP contribution in [0.25, 0.3) is 0 Å². The van der Waals surface area contributed by atoms with E-state index < -0.39 is 9.84 Å². The highest BCUT2D eigenvalue weighted by Gasteiger charge is 2.57. The highest BCUT2D eigenvalue weighted by Crippen LogP contribution is 2.58. The maximum atomic E-state index is 12.2. The van der Waals surface area contributed by atoms with Gasteiger partial charge in [-0.15, -0.1) is 12.4 Å². The minimum Gasteiger partial charge on any atom is -0.355 e. The number of sulfone groups is 1. The van der Waals surface area contributed by atoms with E-state index in [2.05, 4.69) is 10.6 Å². The van der Waals surface area contributed by atoms with E-state index in [1.165, 1.54) is 0 Å². The Hall–Kier alpha value is -1.11. The van der Waals surface area contributed by atoms with Crippen LogP contribution in [-0.4, -0.2) is 39.7 Å². The molecule has 0 bridgehead atoms. The Kier molecular flexibility index (Phi) is 6.28. The second kappa shape index (κ2) is 7.85. The fourth-order valence-corrected chi connectivity index (χ4v) is 4.81. The van der Waals surface area contributed by atoms with Crippen molar-refractivity contribution in [2.75, 3.05) is 25.4 Å². The summed E-state index contributed by atoms with van der Waals surface area (Å²) in [6.07, 6.45) is 3.06. The summed E-state index contributed by atoms with van der Waals surface area (Å²) < 4.78 is 24.2. The van der Waals surface area contributed by atoms with Crippen molar-refractivity contribution < 1.29 is 13.2 Å². The van der Waals surface area contributed by atoms with Crippen molar-refractivity contribution in [3.05, 3.63) is 35.9 Å². The lowest BCUT2D eigenvalue weighted by molar-refractivity contribution is -0.123. The first-order valence-electron chi connectivity index (χ1n) is 8.24. The number of nitrogens with one attached hydrogen (secondary N) is 2. The lowest BCUT2D eigenvalue weighted by atomic mass is 9.92. The molecule has 1 unspecified atom stereocenters. The Balaban J connectivity index is 0.00000208. The number of hydrogen-bond acceptors (Lipinski definition) is 4. The molecule has 24 heavy (non-hydrogen) atoms. The molecule has 1 aromatic carbocycles. The number of halogens is 1. The summed E-state index contributed by atoms with van der Waals surface area (Å²) >= 11 is 0. The second-order valence-electron chi connectivity index (χ2n) is 6.74. The maximum absolute atomic E-state index is 12.2. The molecule has 2 N–H and O–H groups in total. The van der Waals surface area contributed by atoms with Crippen molar-refractivity contribution in [2.24, 2.45) is 11.3 Å². The summed E-state index contributed by atoms with van der Waals surface area (Å²) in [5.74, 6) is 0.140. The number of hydrogen-bond donors (Lipinski definition) is 2. The van der Waals surface area contributed by atoms with E-state index in [1.807, 2.05) is 18.2 Å². The number of amides is 1. The molecule has 1 saturated carbocycles. The molecule has 1 amide bonds. The molecule has 1 spiro atoms. The Morgan fingerprint density at radius 2 is 1.88 bits per heavy atom. The Morgan fingerprint density at radius 3 is 2.54 bits per heavy atom. The monoisotopic (exact) mass is 372 g/mol. The molecule has 2 fully saturated rings. The van der Waals surface area contributed by atoms with E-state index in [4.69, 9.17) is 0 Å². The van der Waals surface area contributed by atoms with E-state index >= 15 is 0 Å².